The first-order valence-corrected chi connectivity index (χ1v) is 8.19. The van der Waals surface area contributed by atoms with E-state index in [9.17, 15) is 9.59 Å². The van der Waals surface area contributed by atoms with Crippen LogP contribution in [-0.4, -0.2) is 36.4 Å². The zero-order valence-corrected chi connectivity index (χ0v) is 13.8. The molecule has 1 saturated heterocycles. The Kier molecular flexibility index (Phi) is 4.98. The quantitative estimate of drug-likeness (QED) is 0.618. The Morgan fingerprint density at radius 3 is 2.71 bits per heavy atom. The summed E-state index contributed by atoms with van der Waals surface area (Å²) < 4.78 is 4.99. The third-order valence-corrected chi connectivity index (χ3v) is 5.06. The largest absolute Gasteiger partial charge is 0.461 e. The summed E-state index contributed by atoms with van der Waals surface area (Å²) in [7, 11) is 0. The van der Waals surface area contributed by atoms with E-state index < -0.39 is 5.97 Å². The fraction of sp³-hybridized carbons (Fsp3) is 0.667. The van der Waals surface area contributed by atoms with Crippen LogP contribution in [0.15, 0.2) is 0 Å². The van der Waals surface area contributed by atoms with Gasteiger partial charge in [-0.25, -0.2) is 9.78 Å². The van der Waals surface area contributed by atoms with E-state index in [1.165, 1.54) is 18.3 Å². The Labute approximate surface area is 129 Å². The van der Waals surface area contributed by atoms with Gasteiger partial charge in [0.1, 0.15) is 4.88 Å². The first-order valence-electron chi connectivity index (χ1n) is 7.37. The highest BCUT2D eigenvalue weighted by atomic mass is 32.1. The molecule has 6 heteroatoms. The van der Waals surface area contributed by atoms with Crippen LogP contribution in [0.3, 0.4) is 0 Å². The van der Waals surface area contributed by atoms with Crippen molar-refractivity contribution in [2.24, 2.45) is 11.8 Å². The molecule has 1 aromatic rings. The molecule has 0 saturated carbocycles. The monoisotopic (exact) mass is 310 g/mol. The molecule has 1 unspecified atom stereocenters. The first-order chi connectivity index (χ1) is 9.93. The maximum absolute atomic E-state index is 11.9. The third kappa shape index (κ3) is 3.43. The minimum Gasteiger partial charge on any atom is -0.461 e. The number of hydrogen-bond donors (Lipinski definition) is 0. The lowest BCUT2D eigenvalue weighted by Crippen LogP contribution is -2.21. The number of carbonyl (C=O) groups is 2. The number of ketones is 1. The van der Waals surface area contributed by atoms with Crippen molar-refractivity contribution in [1.29, 1.82) is 0 Å². The van der Waals surface area contributed by atoms with E-state index >= 15 is 0 Å². The van der Waals surface area contributed by atoms with Crippen LogP contribution in [0.25, 0.3) is 0 Å². The van der Waals surface area contributed by atoms with Crippen LogP contribution >= 0.6 is 11.3 Å². The molecule has 1 fully saturated rings. The van der Waals surface area contributed by atoms with Crippen molar-refractivity contribution in [3.8, 4) is 0 Å². The van der Waals surface area contributed by atoms with Crippen molar-refractivity contribution >= 4 is 28.2 Å². The van der Waals surface area contributed by atoms with Gasteiger partial charge in [0, 0.05) is 20.0 Å². The molecule has 5 nitrogen and oxygen atoms in total. The number of esters is 1. The summed E-state index contributed by atoms with van der Waals surface area (Å²) in [6.45, 7) is 9.79. The maximum atomic E-state index is 11.9. The summed E-state index contributed by atoms with van der Waals surface area (Å²) in [6.07, 6.45) is 1.13. The fourth-order valence-electron chi connectivity index (χ4n) is 2.53. The number of ether oxygens (including phenoxy) is 1. The number of anilines is 1. The van der Waals surface area contributed by atoms with E-state index in [-0.39, 0.29) is 18.1 Å². The molecule has 0 bridgehead atoms. The SMILES string of the molecule is CCOC(=O)c1nc(N2CCC(C(C)C)C2)sc1C(C)=O. The highest BCUT2D eigenvalue weighted by molar-refractivity contribution is 7.17. The molecule has 2 rings (SSSR count). The lowest BCUT2D eigenvalue weighted by Gasteiger charge is -2.16. The van der Waals surface area contributed by atoms with Crippen LogP contribution in [0.2, 0.25) is 0 Å². The highest BCUT2D eigenvalue weighted by Crippen LogP contribution is 2.33. The molecule has 21 heavy (non-hydrogen) atoms. The van der Waals surface area contributed by atoms with Gasteiger partial charge in [0.05, 0.1) is 6.61 Å². The average Bonchev–Trinajstić information content (AvgIpc) is 3.05. The predicted octanol–water partition coefficient (Wildman–Crippen LogP) is 3.00. The molecular weight excluding hydrogens is 288 g/mol. The van der Waals surface area contributed by atoms with E-state index in [4.69, 9.17) is 4.74 Å². The standard InChI is InChI=1S/C15H22N2O3S/c1-5-20-14(19)12-13(10(4)18)21-15(16-12)17-7-6-11(8-17)9(2)3/h9,11H,5-8H2,1-4H3. The van der Waals surface area contributed by atoms with Crippen molar-refractivity contribution in [3.63, 3.8) is 0 Å². The molecule has 1 aliphatic rings. The minimum absolute atomic E-state index is 0.138. The molecule has 1 aromatic heterocycles. The van der Waals surface area contributed by atoms with E-state index in [0.717, 1.165) is 24.6 Å². The molecule has 1 aliphatic heterocycles. The molecule has 0 N–H and O–H groups in total. The number of thiazole rings is 1. The second-order valence-corrected chi connectivity index (χ2v) is 6.67. The smallest absolute Gasteiger partial charge is 0.358 e. The van der Waals surface area contributed by atoms with Gasteiger partial charge in [-0.2, -0.15) is 0 Å². The molecule has 0 aliphatic carbocycles. The average molecular weight is 310 g/mol. The predicted molar refractivity (Wildman–Crippen MR) is 83.2 cm³/mol. The summed E-state index contributed by atoms with van der Waals surface area (Å²) >= 11 is 1.30. The van der Waals surface area contributed by atoms with Crippen LogP contribution in [0, 0.1) is 11.8 Å². The van der Waals surface area contributed by atoms with Gasteiger partial charge in [-0.05, 0) is 25.2 Å². The normalized spacial score (nSPS) is 18.3. The lowest BCUT2D eigenvalue weighted by atomic mass is 9.95. The number of rotatable bonds is 5. The summed E-state index contributed by atoms with van der Waals surface area (Å²) in [4.78, 5) is 30.6. The van der Waals surface area contributed by atoms with Gasteiger partial charge < -0.3 is 9.64 Å². The van der Waals surface area contributed by atoms with Gasteiger partial charge >= 0.3 is 5.97 Å². The highest BCUT2D eigenvalue weighted by Gasteiger charge is 2.30. The summed E-state index contributed by atoms with van der Waals surface area (Å²) in [5.74, 6) is 0.624. The number of carbonyl (C=O) groups excluding carboxylic acids is 2. The Bertz CT molecular complexity index is 539. The van der Waals surface area contributed by atoms with Gasteiger partial charge in [0.15, 0.2) is 16.6 Å². The minimum atomic E-state index is -0.509. The van der Waals surface area contributed by atoms with Crippen molar-refractivity contribution in [2.75, 3.05) is 24.6 Å². The molecule has 0 amide bonds. The fourth-order valence-corrected chi connectivity index (χ4v) is 3.51. The van der Waals surface area contributed by atoms with Crippen molar-refractivity contribution in [1.82, 2.24) is 4.98 Å². The van der Waals surface area contributed by atoms with Crippen LogP contribution < -0.4 is 4.90 Å². The molecule has 1 atom stereocenters. The Hall–Kier alpha value is -1.43. The van der Waals surface area contributed by atoms with Gasteiger partial charge in [-0.15, -0.1) is 0 Å². The lowest BCUT2D eigenvalue weighted by molar-refractivity contribution is 0.0517. The van der Waals surface area contributed by atoms with Crippen LogP contribution in [0.5, 0.6) is 0 Å². The second-order valence-electron chi connectivity index (χ2n) is 5.69. The number of aromatic nitrogens is 1. The van der Waals surface area contributed by atoms with Gasteiger partial charge in [0.2, 0.25) is 0 Å². The Morgan fingerprint density at radius 2 is 2.19 bits per heavy atom. The van der Waals surface area contributed by atoms with Crippen molar-refractivity contribution in [2.45, 2.75) is 34.1 Å². The summed E-state index contributed by atoms with van der Waals surface area (Å²) in [6, 6.07) is 0. The third-order valence-electron chi connectivity index (χ3n) is 3.84. The second kappa shape index (κ2) is 6.56. The topological polar surface area (TPSA) is 59.5 Å². The van der Waals surface area contributed by atoms with E-state index in [0.29, 0.717) is 16.7 Å². The molecule has 0 spiro atoms. The zero-order chi connectivity index (χ0) is 15.6. The van der Waals surface area contributed by atoms with E-state index in [1.807, 2.05) is 0 Å². The number of Topliss-reactive ketones (excluding diaryl/α,β-unsaturated/α-hetero) is 1. The van der Waals surface area contributed by atoms with Crippen LogP contribution in [-0.2, 0) is 4.74 Å². The number of hydrogen-bond acceptors (Lipinski definition) is 6. The Balaban J connectivity index is 2.24. The molecule has 0 radical (unpaired) electrons. The number of nitrogens with zero attached hydrogens (tertiary/aromatic N) is 2. The van der Waals surface area contributed by atoms with Gasteiger partial charge in [0.25, 0.3) is 0 Å². The van der Waals surface area contributed by atoms with Crippen molar-refractivity contribution in [3.05, 3.63) is 10.6 Å². The molecular formula is C15H22N2O3S. The zero-order valence-electron chi connectivity index (χ0n) is 13.0. The van der Waals surface area contributed by atoms with Gasteiger partial charge in [-0.1, -0.05) is 25.2 Å². The van der Waals surface area contributed by atoms with Crippen LogP contribution in [0.4, 0.5) is 5.13 Å². The molecule has 0 aromatic carbocycles. The van der Waals surface area contributed by atoms with E-state index in [2.05, 4.69) is 23.7 Å². The summed E-state index contributed by atoms with van der Waals surface area (Å²) in [5.41, 5.74) is 0.164. The van der Waals surface area contributed by atoms with Gasteiger partial charge in [-0.3, -0.25) is 4.79 Å². The molecule has 116 valence electrons. The maximum Gasteiger partial charge on any atom is 0.358 e. The Morgan fingerprint density at radius 1 is 1.48 bits per heavy atom. The van der Waals surface area contributed by atoms with Crippen molar-refractivity contribution < 1.29 is 14.3 Å². The van der Waals surface area contributed by atoms with E-state index in [1.54, 1.807) is 6.92 Å². The summed E-state index contributed by atoms with van der Waals surface area (Å²) in [5, 5.41) is 0.756. The first kappa shape index (κ1) is 15.9. The molecule has 2 heterocycles. The van der Waals surface area contributed by atoms with Crippen LogP contribution in [0.1, 0.15) is 54.3 Å².